The molecule has 0 atom stereocenters. The summed E-state index contributed by atoms with van der Waals surface area (Å²) in [7, 11) is 0. The van der Waals surface area contributed by atoms with E-state index in [4.69, 9.17) is 21.6 Å². The quantitative estimate of drug-likeness (QED) is 0.886. The summed E-state index contributed by atoms with van der Waals surface area (Å²) >= 11 is 6.00. The van der Waals surface area contributed by atoms with E-state index < -0.39 is 0 Å². The number of phenols is 1. The number of hydrogen-bond donors (Lipinski definition) is 1. The lowest BCUT2D eigenvalue weighted by molar-refractivity contribution is 0.454. The molecule has 0 spiro atoms. The van der Waals surface area contributed by atoms with E-state index in [2.05, 4.69) is 0 Å². The SMILES string of the molecule is Cc1cc(O)cc(Oc2ccc(C#N)cc2Cl)c1. The third kappa shape index (κ3) is 2.73. The molecule has 0 amide bonds. The minimum atomic E-state index is 0.134. The molecule has 0 radical (unpaired) electrons. The highest BCUT2D eigenvalue weighted by Gasteiger charge is 2.05. The third-order valence-electron chi connectivity index (χ3n) is 2.32. The molecule has 0 aliphatic heterocycles. The van der Waals surface area contributed by atoms with E-state index in [1.165, 1.54) is 12.1 Å². The monoisotopic (exact) mass is 259 g/mol. The fourth-order valence-corrected chi connectivity index (χ4v) is 1.79. The number of aromatic hydroxyl groups is 1. The van der Waals surface area contributed by atoms with Crippen molar-refractivity contribution < 1.29 is 9.84 Å². The first-order valence-electron chi connectivity index (χ1n) is 5.26. The second-order valence-electron chi connectivity index (χ2n) is 3.86. The van der Waals surface area contributed by atoms with Gasteiger partial charge in [0.15, 0.2) is 0 Å². The first-order valence-corrected chi connectivity index (χ1v) is 5.64. The van der Waals surface area contributed by atoms with Crippen LogP contribution in [0.2, 0.25) is 5.02 Å². The van der Waals surface area contributed by atoms with E-state index in [1.807, 2.05) is 13.0 Å². The van der Waals surface area contributed by atoms with Crippen molar-refractivity contribution in [1.29, 1.82) is 5.26 Å². The average molecular weight is 260 g/mol. The number of benzene rings is 2. The number of hydrogen-bond acceptors (Lipinski definition) is 3. The smallest absolute Gasteiger partial charge is 0.146 e. The normalized spacial score (nSPS) is 9.83. The molecule has 0 aliphatic carbocycles. The first-order chi connectivity index (χ1) is 8.58. The molecule has 2 rings (SSSR count). The van der Waals surface area contributed by atoms with Crippen LogP contribution in [0.25, 0.3) is 0 Å². The Morgan fingerprint density at radius 1 is 1.22 bits per heavy atom. The Balaban J connectivity index is 2.31. The van der Waals surface area contributed by atoms with Crippen molar-refractivity contribution in [2.24, 2.45) is 0 Å². The average Bonchev–Trinajstić information content (AvgIpc) is 2.30. The van der Waals surface area contributed by atoms with Gasteiger partial charge in [0.05, 0.1) is 16.7 Å². The lowest BCUT2D eigenvalue weighted by Gasteiger charge is -2.08. The topological polar surface area (TPSA) is 53.2 Å². The van der Waals surface area contributed by atoms with E-state index in [1.54, 1.807) is 24.3 Å². The zero-order valence-electron chi connectivity index (χ0n) is 9.64. The van der Waals surface area contributed by atoms with Crippen LogP contribution >= 0.6 is 11.6 Å². The Bertz CT molecular complexity index is 612. The van der Waals surface area contributed by atoms with Crippen molar-refractivity contribution in [2.45, 2.75) is 6.92 Å². The van der Waals surface area contributed by atoms with Gasteiger partial charge in [-0.25, -0.2) is 0 Å². The molecule has 2 aromatic rings. The van der Waals surface area contributed by atoms with Gasteiger partial charge in [-0.2, -0.15) is 5.26 Å². The highest BCUT2D eigenvalue weighted by Crippen LogP contribution is 2.32. The highest BCUT2D eigenvalue weighted by molar-refractivity contribution is 6.32. The molecule has 0 saturated heterocycles. The molecule has 2 aromatic carbocycles. The standard InChI is InChI=1S/C14H10ClNO2/c1-9-4-11(17)7-12(5-9)18-14-3-2-10(8-16)6-13(14)15/h2-7,17H,1H3. The first kappa shape index (κ1) is 12.3. The molecule has 3 nitrogen and oxygen atoms in total. The second kappa shape index (κ2) is 4.99. The summed E-state index contributed by atoms with van der Waals surface area (Å²) in [5, 5.41) is 18.6. The van der Waals surface area contributed by atoms with Gasteiger partial charge >= 0.3 is 0 Å². The highest BCUT2D eigenvalue weighted by atomic mass is 35.5. The van der Waals surface area contributed by atoms with Crippen LogP contribution in [0, 0.1) is 18.3 Å². The molecular weight excluding hydrogens is 250 g/mol. The Morgan fingerprint density at radius 3 is 2.61 bits per heavy atom. The molecule has 0 aliphatic rings. The van der Waals surface area contributed by atoms with Gasteiger partial charge in [0.2, 0.25) is 0 Å². The third-order valence-corrected chi connectivity index (χ3v) is 2.62. The van der Waals surface area contributed by atoms with Crippen LogP contribution in [0.5, 0.6) is 17.2 Å². The van der Waals surface area contributed by atoms with E-state index in [-0.39, 0.29) is 5.75 Å². The molecule has 0 heterocycles. The fourth-order valence-electron chi connectivity index (χ4n) is 1.57. The maximum Gasteiger partial charge on any atom is 0.146 e. The van der Waals surface area contributed by atoms with Crippen molar-refractivity contribution >= 4 is 11.6 Å². The number of nitrogens with zero attached hydrogens (tertiary/aromatic N) is 1. The summed E-state index contributed by atoms with van der Waals surface area (Å²) in [6, 6.07) is 11.7. The summed E-state index contributed by atoms with van der Waals surface area (Å²) < 4.78 is 5.57. The predicted octanol–water partition coefficient (Wildman–Crippen LogP) is 4.02. The summed E-state index contributed by atoms with van der Waals surface area (Å²) in [4.78, 5) is 0. The molecule has 0 fully saturated rings. The Kier molecular flexibility index (Phi) is 3.40. The van der Waals surface area contributed by atoms with Gasteiger partial charge in [0.25, 0.3) is 0 Å². The van der Waals surface area contributed by atoms with Gasteiger partial charge in [0, 0.05) is 6.07 Å². The maximum absolute atomic E-state index is 9.47. The van der Waals surface area contributed by atoms with Crippen LogP contribution in [-0.2, 0) is 0 Å². The molecule has 0 unspecified atom stereocenters. The van der Waals surface area contributed by atoms with Crippen LogP contribution in [0.4, 0.5) is 0 Å². The minimum absolute atomic E-state index is 0.134. The van der Waals surface area contributed by atoms with Gasteiger partial charge < -0.3 is 9.84 Å². The molecule has 90 valence electrons. The van der Waals surface area contributed by atoms with E-state index in [9.17, 15) is 5.11 Å². The zero-order chi connectivity index (χ0) is 13.1. The van der Waals surface area contributed by atoms with Gasteiger partial charge in [-0.15, -0.1) is 0 Å². The second-order valence-corrected chi connectivity index (χ2v) is 4.27. The molecule has 0 aromatic heterocycles. The predicted molar refractivity (Wildman–Crippen MR) is 69.1 cm³/mol. The van der Waals surface area contributed by atoms with E-state index >= 15 is 0 Å². The van der Waals surface area contributed by atoms with Crippen LogP contribution in [0.1, 0.15) is 11.1 Å². The van der Waals surface area contributed by atoms with Gasteiger partial charge in [-0.05, 0) is 42.8 Å². The van der Waals surface area contributed by atoms with Crippen LogP contribution in [0.3, 0.4) is 0 Å². The molecule has 0 saturated carbocycles. The Labute approximate surface area is 110 Å². The van der Waals surface area contributed by atoms with Crippen molar-refractivity contribution in [2.75, 3.05) is 0 Å². The minimum Gasteiger partial charge on any atom is -0.508 e. The number of nitriles is 1. The molecule has 1 N–H and O–H groups in total. The summed E-state index contributed by atoms with van der Waals surface area (Å²) in [5.41, 5.74) is 1.36. The number of halogens is 1. The Morgan fingerprint density at radius 2 is 2.00 bits per heavy atom. The van der Waals surface area contributed by atoms with Crippen molar-refractivity contribution in [3.05, 3.63) is 52.5 Å². The van der Waals surface area contributed by atoms with Crippen molar-refractivity contribution in [3.8, 4) is 23.3 Å². The van der Waals surface area contributed by atoms with Gasteiger partial charge in [0.1, 0.15) is 17.2 Å². The summed E-state index contributed by atoms with van der Waals surface area (Å²) in [5.74, 6) is 1.08. The Hall–Kier alpha value is -2.18. The van der Waals surface area contributed by atoms with Crippen LogP contribution < -0.4 is 4.74 Å². The fraction of sp³-hybridized carbons (Fsp3) is 0.0714. The molecule has 4 heteroatoms. The van der Waals surface area contributed by atoms with Gasteiger partial charge in [-0.3, -0.25) is 0 Å². The number of ether oxygens (including phenoxy) is 1. The molecule has 0 bridgehead atoms. The largest absolute Gasteiger partial charge is 0.508 e. The van der Waals surface area contributed by atoms with E-state index in [0.29, 0.717) is 22.1 Å². The maximum atomic E-state index is 9.47. The zero-order valence-corrected chi connectivity index (χ0v) is 10.4. The van der Waals surface area contributed by atoms with Crippen molar-refractivity contribution in [3.63, 3.8) is 0 Å². The molecule has 18 heavy (non-hydrogen) atoms. The van der Waals surface area contributed by atoms with Crippen molar-refractivity contribution in [1.82, 2.24) is 0 Å². The van der Waals surface area contributed by atoms with Crippen LogP contribution in [0.15, 0.2) is 36.4 Å². The van der Waals surface area contributed by atoms with Gasteiger partial charge in [-0.1, -0.05) is 11.6 Å². The summed E-state index contributed by atoms with van der Waals surface area (Å²) in [6.07, 6.45) is 0. The molecular formula is C14H10ClNO2. The van der Waals surface area contributed by atoms with Crippen LogP contribution in [-0.4, -0.2) is 5.11 Å². The number of rotatable bonds is 2. The number of aryl methyl sites for hydroxylation is 1. The summed E-state index contributed by atoms with van der Waals surface area (Å²) in [6.45, 7) is 1.85. The lowest BCUT2D eigenvalue weighted by Crippen LogP contribution is -1.87. The van der Waals surface area contributed by atoms with E-state index in [0.717, 1.165) is 5.56 Å². The number of phenolic OH excluding ortho intramolecular Hbond substituents is 1. The lowest BCUT2D eigenvalue weighted by atomic mass is 10.2.